The number of amides is 1. The topological polar surface area (TPSA) is 40.5 Å². The van der Waals surface area contributed by atoms with Crippen LogP contribution in [0.25, 0.3) is 0 Å². The minimum Gasteiger partial charge on any atom is -0.395 e. The van der Waals surface area contributed by atoms with E-state index in [9.17, 15) is 4.79 Å². The first-order chi connectivity index (χ1) is 7.22. The van der Waals surface area contributed by atoms with Gasteiger partial charge in [-0.1, -0.05) is 11.6 Å². The number of β-amino-alcohol motifs (C(OH)–C–C–N with tert-alkyl or cyclic N) is 1. The first-order valence-electron chi connectivity index (χ1n) is 4.49. The lowest BCUT2D eigenvalue weighted by Crippen LogP contribution is -2.30. The second kappa shape index (κ2) is 4.74. The van der Waals surface area contributed by atoms with E-state index in [1.165, 1.54) is 11.3 Å². The van der Waals surface area contributed by atoms with E-state index < -0.39 is 0 Å². The highest BCUT2D eigenvalue weighted by molar-refractivity contribution is 8.00. The van der Waals surface area contributed by atoms with Crippen LogP contribution in [0.1, 0.15) is 10.3 Å². The molecular formula is C9H10ClNO2S2. The molecule has 1 N–H and O–H groups in total. The maximum absolute atomic E-state index is 11.5. The van der Waals surface area contributed by atoms with Crippen molar-refractivity contribution in [3.8, 4) is 0 Å². The molecule has 1 aromatic heterocycles. The summed E-state index contributed by atoms with van der Waals surface area (Å²) in [6.07, 6.45) is 0. The Balaban J connectivity index is 2.18. The number of thioether (sulfide) groups is 1. The highest BCUT2D eigenvalue weighted by Crippen LogP contribution is 2.42. The number of aliphatic hydroxyl groups is 1. The molecule has 0 radical (unpaired) electrons. The van der Waals surface area contributed by atoms with E-state index in [4.69, 9.17) is 16.7 Å². The lowest BCUT2D eigenvalue weighted by atomic mass is 10.4. The van der Waals surface area contributed by atoms with Crippen molar-refractivity contribution in [2.75, 3.05) is 18.9 Å². The van der Waals surface area contributed by atoms with Crippen LogP contribution in [0.2, 0.25) is 4.34 Å². The number of halogens is 1. The zero-order valence-corrected chi connectivity index (χ0v) is 10.2. The Morgan fingerprint density at radius 3 is 3.00 bits per heavy atom. The fraction of sp³-hybridized carbons (Fsp3) is 0.444. The number of carbonyl (C=O) groups is 1. The van der Waals surface area contributed by atoms with Gasteiger partial charge in [-0.25, -0.2) is 0 Å². The van der Waals surface area contributed by atoms with Crippen molar-refractivity contribution >= 4 is 40.6 Å². The van der Waals surface area contributed by atoms with E-state index >= 15 is 0 Å². The first-order valence-corrected chi connectivity index (χ1v) is 6.74. The van der Waals surface area contributed by atoms with Gasteiger partial charge in [0, 0.05) is 11.4 Å². The van der Waals surface area contributed by atoms with Crippen molar-refractivity contribution in [2.24, 2.45) is 0 Å². The average Bonchev–Trinajstić information content (AvgIpc) is 2.76. The molecule has 0 aliphatic carbocycles. The van der Waals surface area contributed by atoms with Crippen molar-refractivity contribution in [3.63, 3.8) is 0 Å². The Morgan fingerprint density at radius 1 is 1.60 bits per heavy atom. The van der Waals surface area contributed by atoms with E-state index in [2.05, 4.69) is 0 Å². The summed E-state index contributed by atoms with van der Waals surface area (Å²) >= 11 is 8.92. The molecule has 1 aromatic rings. The molecule has 1 amide bonds. The molecule has 15 heavy (non-hydrogen) atoms. The van der Waals surface area contributed by atoms with Crippen molar-refractivity contribution in [2.45, 2.75) is 5.37 Å². The Labute approximate surface area is 101 Å². The highest BCUT2D eigenvalue weighted by atomic mass is 35.5. The van der Waals surface area contributed by atoms with Crippen molar-refractivity contribution in [3.05, 3.63) is 21.3 Å². The second-order valence-electron chi connectivity index (χ2n) is 3.12. The van der Waals surface area contributed by atoms with E-state index in [-0.39, 0.29) is 17.9 Å². The Bertz CT molecular complexity index is 369. The van der Waals surface area contributed by atoms with Gasteiger partial charge in [0.1, 0.15) is 5.37 Å². The number of rotatable bonds is 3. The zero-order chi connectivity index (χ0) is 10.8. The molecule has 1 aliphatic heterocycles. The normalized spacial score (nSPS) is 21.3. The summed E-state index contributed by atoms with van der Waals surface area (Å²) in [5.41, 5.74) is 0. The third kappa shape index (κ3) is 2.30. The summed E-state index contributed by atoms with van der Waals surface area (Å²) in [6, 6.07) is 3.77. The summed E-state index contributed by atoms with van der Waals surface area (Å²) < 4.78 is 0.730. The molecular weight excluding hydrogens is 254 g/mol. The monoisotopic (exact) mass is 263 g/mol. The maximum atomic E-state index is 11.5. The lowest BCUT2D eigenvalue weighted by Gasteiger charge is -2.21. The molecule has 3 nitrogen and oxygen atoms in total. The van der Waals surface area contributed by atoms with E-state index in [1.54, 1.807) is 16.7 Å². The third-order valence-corrected chi connectivity index (χ3v) is 4.82. The predicted octanol–water partition coefficient (Wildman–Crippen LogP) is 1.97. The van der Waals surface area contributed by atoms with E-state index in [0.717, 1.165) is 9.21 Å². The number of nitrogens with zero attached hydrogens (tertiary/aromatic N) is 1. The number of hydrogen-bond donors (Lipinski definition) is 1. The SMILES string of the molecule is O=C1CSC(c2ccc(Cl)s2)N1CCO. The number of hydrogen-bond acceptors (Lipinski definition) is 4. The number of aliphatic hydroxyl groups excluding tert-OH is 1. The molecule has 1 fully saturated rings. The summed E-state index contributed by atoms with van der Waals surface area (Å²) in [5.74, 6) is 0.573. The number of carbonyl (C=O) groups excluding carboxylic acids is 1. The van der Waals surface area contributed by atoms with Gasteiger partial charge in [-0.2, -0.15) is 0 Å². The zero-order valence-electron chi connectivity index (χ0n) is 7.85. The van der Waals surface area contributed by atoms with Crippen LogP contribution >= 0.6 is 34.7 Å². The molecule has 1 unspecified atom stereocenters. The number of thiophene rings is 1. The van der Waals surface area contributed by atoms with Crippen LogP contribution in [0.5, 0.6) is 0 Å². The van der Waals surface area contributed by atoms with Crippen LogP contribution in [0, 0.1) is 0 Å². The van der Waals surface area contributed by atoms with Crippen molar-refractivity contribution < 1.29 is 9.90 Å². The van der Waals surface area contributed by atoms with E-state index in [1.807, 2.05) is 12.1 Å². The summed E-state index contributed by atoms with van der Waals surface area (Å²) in [7, 11) is 0. The second-order valence-corrected chi connectivity index (χ2v) is 5.93. The molecule has 82 valence electrons. The molecule has 1 saturated heterocycles. The van der Waals surface area contributed by atoms with Gasteiger partial charge in [-0.15, -0.1) is 23.1 Å². The summed E-state index contributed by atoms with van der Waals surface area (Å²) in [4.78, 5) is 14.3. The quantitative estimate of drug-likeness (QED) is 0.907. The van der Waals surface area contributed by atoms with Gasteiger partial charge in [-0.3, -0.25) is 4.79 Å². The molecule has 1 atom stereocenters. The average molecular weight is 264 g/mol. The van der Waals surface area contributed by atoms with Gasteiger partial charge in [-0.05, 0) is 12.1 Å². The highest BCUT2D eigenvalue weighted by Gasteiger charge is 2.33. The minimum atomic E-state index is 0.00189. The fourth-order valence-electron chi connectivity index (χ4n) is 1.50. The van der Waals surface area contributed by atoms with Crippen molar-refractivity contribution in [1.29, 1.82) is 0 Å². The Morgan fingerprint density at radius 2 is 2.40 bits per heavy atom. The van der Waals surface area contributed by atoms with Gasteiger partial charge in [0.05, 0.1) is 16.7 Å². The van der Waals surface area contributed by atoms with Crippen LogP contribution in [-0.2, 0) is 4.79 Å². The predicted molar refractivity (Wildman–Crippen MR) is 63.3 cm³/mol. The van der Waals surface area contributed by atoms with Gasteiger partial charge >= 0.3 is 0 Å². The smallest absolute Gasteiger partial charge is 0.233 e. The fourth-order valence-corrected chi connectivity index (χ4v) is 4.02. The molecule has 1 aliphatic rings. The molecule has 0 spiro atoms. The van der Waals surface area contributed by atoms with Gasteiger partial charge in [0.25, 0.3) is 0 Å². The molecule has 2 rings (SSSR count). The molecule has 0 saturated carbocycles. The third-order valence-electron chi connectivity index (χ3n) is 2.15. The minimum absolute atomic E-state index is 0.00189. The molecule has 6 heteroatoms. The Hall–Kier alpha value is -0.230. The van der Waals surface area contributed by atoms with Gasteiger partial charge < -0.3 is 10.0 Å². The van der Waals surface area contributed by atoms with Crippen molar-refractivity contribution in [1.82, 2.24) is 4.90 Å². The standard InChI is InChI=1S/C9H10ClNO2S2/c10-7-2-1-6(15-7)9-11(3-4-12)8(13)5-14-9/h1-2,9,12H,3-5H2. The first kappa shape index (κ1) is 11.3. The van der Waals surface area contributed by atoms with Crippen LogP contribution in [0.3, 0.4) is 0 Å². The van der Waals surface area contributed by atoms with Crippen LogP contribution in [-0.4, -0.2) is 34.8 Å². The molecule has 0 bridgehead atoms. The lowest BCUT2D eigenvalue weighted by molar-refractivity contribution is -0.128. The van der Waals surface area contributed by atoms with Gasteiger partial charge in [0.15, 0.2) is 0 Å². The van der Waals surface area contributed by atoms with E-state index in [0.29, 0.717) is 12.3 Å². The summed E-state index contributed by atoms with van der Waals surface area (Å²) in [5, 5.41) is 8.92. The summed E-state index contributed by atoms with van der Waals surface area (Å²) in [6.45, 7) is 0.397. The Kier molecular flexibility index (Phi) is 3.56. The maximum Gasteiger partial charge on any atom is 0.233 e. The van der Waals surface area contributed by atoms with Crippen LogP contribution in [0.15, 0.2) is 12.1 Å². The van der Waals surface area contributed by atoms with Crippen LogP contribution < -0.4 is 0 Å². The largest absolute Gasteiger partial charge is 0.395 e. The van der Waals surface area contributed by atoms with Gasteiger partial charge in [0.2, 0.25) is 5.91 Å². The molecule has 0 aromatic carbocycles. The molecule has 2 heterocycles. The van der Waals surface area contributed by atoms with Crippen LogP contribution in [0.4, 0.5) is 0 Å².